The molecule has 0 aliphatic carbocycles. The van der Waals surface area contributed by atoms with Crippen molar-refractivity contribution in [3.05, 3.63) is 36.2 Å². The van der Waals surface area contributed by atoms with Gasteiger partial charge in [0.25, 0.3) is 0 Å². The lowest BCUT2D eigenvalue weighted by molar-refractivity contribution is -0.141. The summed E-state index contributed by atoms with van der Waals surface area (Å²) in [6.07, 6.45) is 3.84. The zero-order valence-electron chi connectivity index (χ0n) is 24.4. The lowest BCUT2D eigenvalue weighted by Gasteiger charge is -2.28. The highest BCUT2D eigenvalue weighted by molar-refractivity contribution is 7.98. The van der Waals surface area contributed by atoms with Crippen molar-refractivity contribution < 1.29 is 23.9 Å². The SMILES string of the molecule is COC(=O)CCCC(=O)N1CCCC(=O)N[C@@H](CCSC)C(=O)N[C@H](C(C)C)c2nc(-c3ccccc3)nn2CC1. The third-order valence-corrected chi connectivity index (χ3v) is 7.65. The fraction of sp³-hybridized carbons (Fsp3) is 0.586. The van der Waals surface area contributed by atoms with Gasteiger partial charge in [0.15, 0.2) is 11.6 Å². The van der Waals surface area contributed by atoms with Crippen LogP contribution in [0.1, 0.15) is 64.2 Å². The van der Waals surface area contributed by atoms with Crippen LogP contribution in [-0.4, -0.2) is 81.6 Å². The van der Waals surface area contributed by atoms with E-state index in [2.05, 4.69) is 10.6 Å². The van der Waals surface area contributed by atoms with E-state index in [9.17, 15) is 19.2 Å². The monoisotopic (exact) mass is 586 g/mol. The largest absolute Gasteiger partial charge is 0.469 e. The van der Waals surface area contributed by atoms with E-state index in [1.165, 1.54) is 7.11 Å². The molecule has 1 aliphatic rings. The van der Waals surface area contributed by atoms with Gasteiger partial charge in [-0.05, 0) is 37.2 Å². The molecule has 0 bridgehead atoms. The Morgan fingerprint density at radius 1 is 1.10 bits per heavy atom. The number of carbonyl (C=O) groups is 4. The number of fused-ring (bicyclic) bond motifs is 1. The van der Waals surface area contributed by atoms with Gasteiger partial charge in [0.1, 0.15) is 6.04 Å². The fourth-order valence-corrected chi connectivity index (χ4v) is 5.14. The summed E-state index contributed by atoms with van der Waals surface area (Å²) in [5.74, 6) is 0.898. The van der Waals surface area contributed by atoms with Crippen molar-refractivity contribution in [2.24, 2.45) is 5.92 Å². The van der Waals surface area contributed by atoms with Gasteiger partial charge in [-0.2, -0.15) is 16.9 Å². The number of hydrogen-bond acceptors (Lipinski definition) is 8. The van der Waals surface area contributed by atoms with Gasteiger partial charge in [-0.15, -0.1) is 0 Å². The topological polar surface area (TPSA) is 136 Å². The summed E-state index contributed by atoms with van der Waals surface area (Å²) in [4.78, 5) is 57.6. The minimum absolute atomic E-state index is 0.0219. The standard InChI is InChI=1S/C29H42N6O5S/c1-20(2)26-28-32-27(21-10-6-5-7-11-21)33-35(28)18-17-34(24(37)13-8-14-25(38)40-3)16-9-12-23(36)30-22(15-19-41-4)29(39)31-26/h5-7,10-11,20,22,26H,8-9,12-19H2,1-4H3,(H,30,36)(H,31,39)/t22-,26+/m0/s1. The zero-order chi connectivity index (χ0) is 29.8. The maximum absolute atomic E-state index is 13.5. The van der Waals surface area contributed by atoms with Gasteiger partial charge in [-0.1, -0.05) is 44.2 Å². The molecule has 2 heterocycles. The maximum atomic E-state index is 13.5. The number of methoxy groups -OCH3 is 1. The van der Waals surface area contributed by atoms with E-state index >= 15 is 0 Å². The van der Waals surface area contributed by atoms with Crippen molar-refractivity contribution in [3.8, 4) is 11.4 Å². The minimum atomic E-state index is -0.680. The molecular formula is C29H42N6O5S. The van der Waals surface area contributed by atoms with Crippen molar-refractivity contribution in [2.45, 2.75) is 71.0 Å². The predicted octanol–water partition coefficient (Wildman–Crippen LogP) is 2.96. The first-order chi connectivity index (χ1) is 19.7. The van der Waals surface area contributed by atoms with Gasteiger partial charge in [0, 0.05) is 37.9 Å². The average Bonchev–Trinajstić information content (AvgIpc) is 3.38. The Bertz CT molecular complexity index is 1170. The molecule has 11 nitrogen and oxygen atoms in total. The normalized spacial score (nSPS) is 18.7. The molecule has 0 radical (unpaired) electrons. The minimum Gasteiger partial charge on any atom is -0.469 e. The number of hydrogen-bond donors (Lipinski definition) is 2. The molecule has 2 atom stereocenters. The molecule has 2 N–H and O–H groups in total. The number of amides is 3. The molecule has 2 aromatic rings. The van der Waals surface area contributed by atoms with E-state index in [4.69, 9.17) is 14.8 Å². The number of nitrogens with zero attached hydrogens (tertiary/aromatic N) is 4. The van der Waals surface area contributed by atoms with Gasteiger partial charge in [0.2, 0.25) is 17.7 Å². The number of carbonyl (C=O) groups excluding carboxylic acids is 4. The molecule has 0 unspecified atom stereocenters. The Kier molecular flexibility index (Phi) is 12.6. The Morgan fingerprint density at radius 2 is 1.85 bits per heavy atom. The summed E-state index contributed by atoms with van der Waals surface area (Å²) in [6, 6.07) is 8.47. The Hall–Kier alpha value is -3.41. The van der Waals surface area contributed by atoms with Crippen LogP contribution >= 0.6 is 11.8 Å². The molecule has 0 spiro atoms. The second-order valence-corrected chi connectivity index (χ2v) is 11.4. The first-order valence-electron chi connectivity index (χ1n) is 14.2. The molecular weight excluding hydrogens is 544 g/mol. The van der Waals surface area contributed by atoms with Gasteiger partial charge < -0.3 is 20.3 Å². The molecule has 3 rings (SSSR count). The zero-order valence-corrected chi connectivity index (χ0v) is 25.2. The maximum Gasteiger partial charge on any atom is 0.305 e. The third-order valence-electron chi connectivity index (χ3n) is 7.00. The van der Waals surface area contributed by atoms with Crippen LogP contribution in [0.5, 0.6) is 0 Å². The summed E-state index contributed by atoms with van der Waals surface area (Å²) >= 11 is 1.61. The third kappa shape index (κ3) is 9.58. The van der Waals surface area contributed by atoms with Gasteiger partial charge >= 0.3 is 5.97 Å². The lowest BCUT2D eigenvalue weighted by atomic mass is 10.0. The van der Waals surface area contributed by atoms with Crippen molar-refractivity contribution in [1.82, 2.24) is 30.3 Å². The molecule has 224 valence electrons. The highest BCUT2D eigenvalue weighted by atomic mass is 32.2. The van der Waals surface area contributed by atoms with Crippen LogP contribution in [0.4, 0.5) is 0 Å². The molecule has 1 aromatic heterocycles. The Morgan fingerprint density at radius 3 is 2.54 bits per heavy atom. The van der Waals surface area contributed by atoms with E-state index in [1.807, 2.05) is 50.4 Å². The van der Waals surface area contributed by atoms with Crippen molar-refractivity contribution in [2.75, 3.05) is 32.2 Å². The van der Waals surface area contributed by atoms with Crippen molar-refractivity contribution >= 4 is 35.5 Å². The van der Waals surface area contributed by atoms with Crippen LogP contribution in [0.3, 0.4) is 0 Å². The van der Waals surface area contributed by atoms with Crippen LogP contribution in [0, 0.1) is 5.92 Å². The molecule has 0 saturated heterocycles. The number of ether oxygens (including phenoxy) is 1. The summed E-state index contributed by atoms with van der Waals surface area (Å²) in [7, 11) is 1.33. The number of benzene rings is 1. The number of esters is 1. The van der Waals surface area contributed by atoms with Crippen molar-refractivity contribution in [3.63, 3.8) is 0 Å². The summed E-state index contributed by atoms with van der Waals surface area (Å²) in [5, 5.41) is 10.8. The first kappa shape index (κ1) is 32.1. The first-order valence-corrected chi connectivity index (χ1v) is 15.6. The van der Waals surface area contributed by atoms with E-state index in [1.54, 1.807) is 21.3 Å². The molecule has 41 heavy (non-hydrogen) atoms. The number of rotatable bonds is 9. The molecule has 1 aromatic carbocycles. The van der Waals surface area contributed by atoms with Gasteiger partial charge in [0.05, 0.1) is 19.7 Å². The molecule has 1 aliphatic heterocycles. The molecule has 3 amide bonds. The van der Waals surface area contributed by atoms with Crippen LogP contribution in [0.2, 0.25) is 0 Å². The van der Waals surface area contributed by atoms with Crippen LogP contribution < -0.4 is 10.6 Å². The molecule has 0 saturated carbocycles. The Labute approximate surface area is 246 Å². The average molecular weight is 587 g/mol. The highest BCUT2D eigenvalue weighted by Crippen LogP contribution is 2.25. The van der Waals surface area contributed by atoms with Gasteiger partial charge in [-0.3, -0.25) is 19.2 Å². The van der Waals surface area contributed by atoms with E-state index < -0.39 is 12.1 Å². The summed E-state index contributed by atoms with van der Waals surface area (Å²) in [6.45, 7) is 5.08. The van der Waals surface area contributed by atoms with E-state index in [0.717, 1.165) is 5.56 Å². The summed E-state index contributed by atoms with van der Waals surface area (Å²) < 4.78 is 6.47. The predicted molar refractivity (Wildman–Crippen MR) is 158 cm³/mol. The van der Waals surface area contributed by atoms with E-state index in [-0.39, 0.29) is 48.9 Å². The molecule has 0 fully saturated rings. The number of thioether (sulfide) groups is 1. The van der Waals surface area contributed by atoms with Crippen LogP contribution in [0.15, 0.2) is 30.3 Å². The van der Waals surface area contributed by atoms with Crippen molar-refractivity contribution in [1.29, 1.82) is 0 Å². The highest BCUT2D eigenvalue weighted by Gasteiger charge is 2.30. The van der Waals surface area contributed by atoms with Crippen LogP contribution in [-0.2, 0) is 30.5 Å². The summed E-state index contributed by atoms with van der Waals surface area (Å²) in [5.41, 5.74) is 0.847. The lowest BCUT2D eigenvalue weighted by Crippen LogP contribution is -2.49. The quantitative estimate of drug-likeness (QED) is 0.428. The second kappa shape index (κ2) is 16.1. The Balaban J connectivity index is 1.96. The van der Waals surface area contributed by atoms with Crippen LogP contribution in [0.25, 0.3) is 11.4 Å². The second-order valence-electron chi connectivity index (χ2n) is 10.4. The van der Waals surface area contributed by atoms with E-state index in [0.29, 0.717) is 56.3 Å². The molecule has 12 heteroatoms. The van der Waals surface area contributed by atoms with Gasteiger partial charge in [-0.25, -0.2) is 9.67 Å². The smallest absolute Gasteiger partial charge is 0.305 e. The fourth-order valence-electron chi connectivity index (χ4n) is 4.66. The number of nitrogens with one attached hydrogen (secondary N) is 2. The number of aromatic nitrogens is 3.